The molecule has 4 rings (SSSR count). The number of nitrogens with one attached hydrogen (secondary N) is 1. The summed E-state index contributed by atoms with van der Waals surface area (Å²) < 4.78 is 45.6. The molecule has 3 aromatic carbocycles. The van der Waals surface area contributed by atoms with E-state index in [4.69, 9.17) is 16.3 Å². The van der Waals surface area contributed by atoms with Crippen LogP contribution in [0.25, 0.3) is 17.1 Å². The molecule has 1 N–H and O–H groups in total. The van der Waals surface area contributed by atoms with Gasteiger partial charge in [0, 0.05) is 16.3 Å². The van der Waals surface area contributed by atoms with Gasteiger partial charge in [-0.1, -0.05) is 23.7 Å². The second-order valence-electron chi connectivity index (χ2n) is 6.91. The van der Waals surface area contributed by atoms with Gasteiger partial charge in [0.05, 0.1) is 18.4 Å². The van der Waals surface area contributed by atoms with Crippen molar-refractivity contribution in [1.29, 1.82) is 0 Å². The number of ether oxygens (including phenoxy) is 1. The van der Waals surface area contributed by atoms with E-state index in [0.717, 1.165) is 12.1 Å². The summed E-state index contributed by atoms with van der Waals surface area (Å²) in [5, 5.41) is 7.17. The molecule has 0 bridgehead atoms. The van der Waals surface area contributed by atoms with Crippen molar-refractivity contribution in [2.75, 3.05) is 12.4 Å². The van der Waals surface area contributed by atoms with Gasteiger partial charge in [0.1, 0.15) is 5.75 Å². The molecule has 4 aromatic rings. The van der Waals surface area contributed by atoms with Gasteiger partial charge in [0.2, 0.25) is 5.82 Å². The fourth-order valence-corrected chi connectivity index (χ4v) is 3.27. The summed E-state index contributed by atoms with van der Waals surface area (Å²) in [4.78, 5) is 17.1. The average Bonchev–Trinajstić information content (AvgIpc) is 3.24. The van der Waals surface area contributed by atoms with Gasteiger partial charge in [0.15, 0.2) is 5.82 Å². The van der Waals surface area contributed by atoms with E-state index in [2.05, 4.69) is 15.4 Å². The highest BCUT2D eigenvalue weighted by Crippen LogP contribution is 2.31. The van der Waals surface area contributed by atoms with E-state index in [1.807, 2.05) is 0 Å². The zero-order valence-corrected chi connectivity index (χ0v) is 17.9. The van der Waals surface area contributed by atoms with Crippen molar-refractivity contribution in [3.63, 3.8) is 0 Å². The van der Waals surface area contributed by atoms with Gasteiger partial charge in [-0.15, -0.1) is 5.10 Å². The molecular weight excluding hydrogens is 457 g/mol. The molecule has 0 aliphatic rings. The topological polar surface area (TPSA) is 69.0 Å². The van der Waals surface area contributed by atoms with Crippen molar-refractivity contribution in [3.05, 3.63) is 89.2 Å². The van der Waals surface area contributed by atoms with Gasteiger partial charge >= 0.3 is 6.18 Å². The van der Waals surface area contributed by atoms with Crippen LogP contribution in [0, 0.1) is 0 Å². The standard InChI is InChI=1S/C23H16ClF3N4O2/c1-33-19-10-8-14(9-11-19)21-29-20(30-31(21)18-7-3-5-16(24)13-18)22(32)28-17-6-2-4-15(12-17)23(25,26)27/h2-13H,1H3,(H,28,32). The Balaban J connectivity index is 1.72. The van der Waals surface area contributed by atoms with Crippen molar-refractivity contribution in [2.45, 2.75) is 6.18 Å². The number of benzene rings is 3. The number of amides is 1. The van der Waals surface area contributed by atoms with Crippen LogP contribution in [0.4, 0.5) is 18.9 Å². The number of nitrogens with zero attached hydrogens (tertiary/aromatic N) is 3. The number of methoxy groups -OCH3 is 1. The van der Waals surface area contributed by atoms with Gasteiger partial charge in [0.25, 0.3) is 5.91 Å². The third-order valence-corrected chi connectivity index (χ3v) is 4.89. The summed E-state index contributed by atoms with van der Waals surface area (Å²) in [6.07, 6.45) is -4.53. The Labute approximate surface area is 191 Å². The van der Waals surface area contributed by atoms with E-state index in [1.165, 1.54) is 16.8 Å². The van der Waals surface area contributed by atoms with E-state index in [0.29, 0.717) is 27.8 Å². The maximum atomic E-state index is 13.0. The quantitative estimate of drug-likeness (QED) is 0.394. The predicted molar refractivity (Wildman–Crippen MR) is 118 cm³/mol. The molecule has 0 spiro atoms. The van der Waals surface area contributed by atoms with Crippen LogP contribution in [-0.2, 0) is 6.18 Å². The van der Waals surface area contributed by atoms with E-state index in [9.17, 15) is 18.0 Å². The summed E-state index contributed by atoms with van der Waals surface area (Å²) in [5.74, 6) is -0.00716. The number of carbonyl (C=O) groups excluding carboxylic acids is 1. The lowest BCUT2D eigenvalue weighted by Gasteiger charge is -2.08. The number of anilines is 1. The second kappa shape index (κ2) is 8.95. The monoisotopic (exact) mass is 472 g/mol. The van der Waals surface area contributed by atoms with Crippen molar-refractivity contribution in [2.24, 2.45) is 0 Å². The minimum Gasteiger partial charge on any atom is -0.497 e. The largest absolute Gasteiger partial charge is 0.497 e. The van der Waals surface area contributed by atoms with Crippen molar-refractivity contribution >= 4 is 23.2 Å². The normalized spacial score (nSPS) is 11.3. The highest BCUT2D eigenvalue weighted by Gasteiger charge is 2.30. The maximum absolute atomic E-state index is 13.0. The molecule has 0 radical (unpaired) electrons. The lowest BCUT2D eigenvalue weighted by Crippen LogP contribution is -2.15. The lowest BCUT2D eigenvalue weighted by molar-refractivity contribution is -0.137. The molecule has 10 heteroatoms. The van der Waals surface area contributed by atoms with Gasteiger partial charge in [-0.05, 0) is 60.7 Å². The highest BCUT2D eigenvalue weighted by molar-refractivity contribution is 6.30. The first-order valence-corrected chi connectivity index (χ1v) is 9.98. The molecule has 1 heterocycles. The number of halogens is 4. The minimum atomic E-state index is -4.53. The fraction of sp³-hybridized carbons (Fsp3) is 0.0870. The first kappa shape index (κ1) is 22.3. The molecule has 0 fully saturated rings. The Morgan fingerprint density at radius 3 is 2.42 bits per heavy atom. The van der Waals surface area contributed by atoms with Crippen LogP contribution in [0.5, 0.6) is 5.75 Å². The van der Waals surface area contributed by atoms with Crippen LogP contribution in [0.3, 0.4) is 0 Å². The van der Waals surface area contributed by atoms with Gasteiger partial charge in [-0.25, -0.2) is 9.67 Å². The Hall–Kier alpha value is -3.85. The molecule has 0 saturated heterocycles. The molecule has 33 heavy (non-hydrogen) atoms. The second-order valence-corrected chi connectivity index (χ2v) is 7.35. The number of hydrogen-bond acceptors (Lipinski definition) is 4. The first-order valence-electron chi connectivity index (χ1n) is 9.60. The van der Waals surface area contributed by atoms with Crippen LogP contribution >= 0.6 is 11.6 Å². The number of rotatable bonds is 5. The van der Waals surface area contributed by atoms with Crippen molar-refractivity contribution in [3.8, 4) is 22.8 Å². The molecular formula is C23H16ClF3N4O2. The van der Waals surface area contributed by atoms with Crippen LogP contribution < -0.4 is 10.1 Å². The first-order chi connectivity index (χ1) is 15.7. The van der Waals surface area contributed by atoms with E-state index < -0.39 is 17.6 Å². The number of hydrogen-bond donors (Lipinski definition) is 1. The van der Waals surface area contributed by atoms with Crippen LogP contribution in [-0.4, -0.2) is 27.8 Å². The Kier molecular flexibility index (Phi) is 6.06. The summed E-state index contributed by atoms with van der Waals surface area (Å²) in [6, 6.07) is 18.1. The molecule has 0 aliphatic carbocycles. The van der Waals surface area contributed by atoms with E-state index >= 15 is 0 Å². The summed E-state index contributed by atoms with van der Waals surface area (Å²) in [7, 11) is 1.54. The Morgan fingerprint density at radius 1 is 1.03 bits per heavy atom. The van der Waals surface area contributed by atoms with Gasteiger partial charge in [-0.3, -0.25) is 4.79 Å². The predicted octanol–water partition coefficient (Wildman–Crippen LogP) is 5.87. The molecule has 0 unspecified atom stereocenters. The molecule has 1 aromatic heterocycles. The zero-order valence-electron chi connectivity index (χ0n) is 17.1. The number of alkyl halides is 3. The number of aromatic nitrogens is 3. The Morgan fingerprint density at radius 2 is 1.76 bits per heavy atom. The van der Waals surface area contributed by atoms with Crippen LogP contribution in [0.15, 0.2) is 72.8 Å². The highest BCUT2D eigenvalue weighted by atomic mass is 35.5. The average molecular weight is 473 g/mol. The van der Waals surface area contributed by atoms with Crippen LogP contribution in [0.1, 0.15) is 16.2 Å². The van der Waals surface area contributed by atoms with E-state index in [1.54, 1.807) is 55.6 Å². The summed E-state index contributed by atoms with van der Waals surface area (Å²) in [5.41, 5.74) is 0.289. The molecule has 0 saturated carbocycles. The number of carbonyl (C=O) groups is 1. The van der Waals surface area contributed by atoms with Gasteiger partial charge < -0.3 is 10.1 Å². The molecule has 1 amide bonds. The van der Waals surface area contributed by atoms with E-state index in [-0.39, 0.29) is 11.5 Å². The summed E-state index contributed by atoms with van der Waals surface area (Å²) in [6.45, 7) is 0. The lowest BCUT2D eigenvalue weighted by atomic mass is 10.2. The van der Waals surface area contributed by atoms with Gasteiger partial charge in [-0.2, -0.15) is 13.2 Å². The molecule has 0 aliphatic heterocycles. The third kappa shape index (κ3) is 4.98. The van der Waals surface area contributed by atoms with Crippen molar-refractivity contribution < 1.29 is 22.7 Å². The Bertz CT molecular complexity index is 1300. The summed E-state index contributed by atoms with van der Waals surface area (Å²) >= 11 is 6.11. The fourth-order valence-electron chi connectivity index (χ4n) is 3.08. The smallest absolute Gasteiger partial charge is 0.416 e. The molecule has 0 atom stereocenters. The third-order valence-electron chi connectivity index (χ3n) is 4.66. The molecule has 168 valence electrons. The SMILES string of the molecule is COc1ccc(-c2nc(C(=O)Nc3cccc(C(F)(F)F)c3)nn2-c2cccc(Cl)c2)cc1. The minimum absolute atomic E-state index is 0.0278. The van der Waals surface area contributed by atoms with Crippen LogP contribution in [0.2, 0.25) is 5.02 Å². The molecule has 6 nitrogen and oxygen atoms in total. The maximum Gasteiger partial charge on any atom is 0.416 e. The van der Waals surface area contributed by atoms with Crippen molar-refractivity contribution in [1.82, 2.24) is 14.8 Å². The zero-order chi connectivity index (χ0) is 23.6.